The molecule has 1 aromatic heterocycles. The standard InChI is InChI=1S/C19H20N6O3/c1-2-28-19(27)25-9-7-24(8-10-25)18(26)16-11-17(22-13-21-16)23-15-6-4-3-5-14(15)12-20/h3-6,11,13H,2,7-10H2,1H3,(H,21,22,23). The Morgan fingerprint density at radius 1 is 1.18 bits per heavy atom. The second-order valence-corrected chi connectivity index (χ2v) is 6.05. The van der Waals surface area contributed by atoms with Gasteiger partial charge < -0.3 is 19.9 Å². The van der Waals surface area contributed by atoms with Gasteiger partial charge in [-0.05, 0) is 19.1 Å². The summed E-state index contributed by atoms with van der Waals surface area (Å²) in [7, 11) is 0. The summed E-state index contributed by atoms with van der Waals surface area (Å²) in [6, 6.07) is 10.7. The van der Waals surface area contributed by atoms with E-state index in [1.54, 1.807) is 47.1 Å². The zero-order chi connectivity index (χ0) is 19.9. The van der Waals surface area contributed by atoms with Crippen molar-refractivity contribution in [2.45, 2.75) is 6.92 Å². The van der Waals surface area contributed by atoms with E-state index in [0.29, 0.717) is 49.9 Å². The van der Waals surface area contributed by atoms with Crippen LogP contribution in [0, 0.1) is 11.3 Å². The maximum Gasteiger partial charge on any atom is 0.409 e. The molecule has 1 saturated heterocycles. The Labute approximate surface area is 162 Å². The monoisotopic (exact) mass is 380 g/mol. The molecule has 1 N–H and O–H groups in total. The number of piperazine rings is 1. The highest BCUT2D eigenvalue weighted by atomic mass is 16.6. The molecule has 1 aliphatic rings. The first-order valence-corrected chi connectivity index (χ1v) is 8.91. The van der Waals surface area contributed by atoms with Gasteiger partial charge >= 0.3 is 6.09 Å². The number of carbonyl (C=O) groups excluding carboxylic acids is 2. The third kappa shape index (κ3) is 4.35. The Morgan fingerprint density at radius 2 is 1.89 bits per heavy atom. The van der Waals surface area contributed by atoms with Crippen molar-refractivity contribution in [2.24, 2.45) is 0 Å². The lowest BCUT2D eigenvalue weighted by molar-refractivity contribution is 0.0566. The number of ether oxygens (including phenoxy) is 1. The average Bonchev–Trinajstić information content (AvgIpc) is 2.74. The molecule has 28 heavy (non-hydrogen) atoms. The van der Waals surface area contributed by atoms with Crippen LogP contribution >= 0.6 is 0 Å². The lowest BCUT2D eigenvalue weighted by atomic mass is 10.2. The molecule has 0 spiro atoms. The number of anilines is 2. The van der Waals surface area contributed by atoms with Crippen LogP contribution in [0.1, 0.15) is 23.0 Å². The molecule has 9 nitrogen and oxygen atoms in total. The molecule has 1 fully saturated rings. The zero-order valence-corrected chi connectivity index (χ0v) is 15.5. The van der Waals surface area contributed by atoms with Gasteiger partial charge in [-0.15, -0.1) is 0 Å². The van der Waals surface area contributed by atoms with E-state index in [-0.39, 0.29) is 17.7 Å². The molecule has 0 radical (unpaired) electrons. The highest BCUT2D eigenvalue weighted by Gasteiger charge is 2.26. The van der Waals surface area contributed by atoms with Crippen LogP contribution in [0.25, 0.3) is 0 Å². The van der Waals surface area contributed by atoms with Gasteiger partial charge in [-0.2, -0.15) is 5.26 Å². The van der Waals surface area contributed by atoms with E-state index >= 15 is 0 Å². The van der Waals surface area contributed by atoms with E-state index in [4.69, 9.17) is 4.74 Å². The number of nitrogens with zero attached hydrogens (tertiary/aromatic N) is 5. The maximum absolute atomic E-state index is 12.8. The Kier molecular flexibility index (Phi) is 6.01. The molecule has 144 valence electrons. The van der Waals surface area contributed by atoms with Crippen molar-refractivity contribution in [2.75, 3.05) is 38.1 Å². The molecule has 0 aliphatic carbocycles. The Hall–Kier alpha value is -3.67. The highest BCUT2D eigenvalue weighted by molar-refractivity contribution is 5.93. The number of amides is 2. The summed E-state index contributed by atoms with van der Waals surface area (Å²) in [5, 5.41) is 12.2. The van der Waals surface area contributed by atoms with Gasteiger partial charge in [0.2, 0.25) is 0 Å². The molecule has 0 atom stereocenters. The SMILES string of the molecule is CCOC(=O)N1CCN(C(=O)c2cc(Nc3ccccc3C#N)ncn2)CC1. The van der Waals surface area contributed by atoms with Crippen molar-refractivity contribution in [3.8, 4) is 6.07 Å². The summed E-state index contributed by atoms with van der Waals surface area (Å²) in [6.45, 7) is 3.72. The summed E-state index contributed by atoms with van der Waals surface area (Å²) in [6.07, 6.45) is 0.943. The summed E-state index contributed by atoms with van der Waals surface area (Å²) < 4.78 is 4.98. The molecule has 0 unspecified atom stereocenters. The Balaban J connectivity index is 1.66. The summed E-state index contributed by atoms with van der Waals surface area (Å²) in [4.78, 5) is 35.9. The van der Waals surface area contributed by atoms with E-state index < -0.39 is 0 Å². The predicted molar refractivity (Wildman–Crippen MR) is 101 cm³/mol. The normalized spacial score (nSPS) is 13.6. The zero-order valence-electron chi connectivity index (χ0n) is 15.5. The number of hydrogen-bond acceptors (Lipinski definition) is 7. The van der Waals surface area contributed by atoms with Crippen LogP contribution in [0.3, 0.4) is 0 Å². The van der Waals surface area contributed by atoms with Crippen molar-refractivity contribution >= 4 is 23.5 Å². The van der Waals surface area contributed by atoms with Gasteiger partial charge in [0, 0.05) is 32.2 Å². The van der Waals surface area contributed by atoms with E-state index in [2.05, 4.69) is 21.4 Å². The number of nitrogens with one attached hydrogen (secondary N) is 1. The van der Waals surface area contributed by atoms with Crippen LogP contribution in [0.4, 0.5) is 16.3 Å². The van der Waals surface area contributed by atoms with E-state index in [1.165, 1.54) is 6.33 Å². The van der Waals surface area contributed by atoms with Gasteiger partial charge in [0.15, 0.2) is 0 Å². The number of carbonyl (C=O) groups is 2. The molecular formula is C19H20N6O3. The molecule has 2 aromatic rings. The van der Waals surface area contributed by atoms with Crippen LogP contribution < -0.4 is 5.32 Å². The predicted octanol–water partition coefficient (Wildman–Crippen LogP) is 2.01. The minimum Gasteiger partial charge on any atom is -0.450 e. The topological polar surface area (TPSA) is 111 Å². The molecular weight excluding hydrogens is 360 g/mol. The van der Waals surface area contributed by atoms with Gasteiger partial charge in [0.25, 0.3) is 5.91 Å². The minimum absolute atomic E-state index is 0.234. The maximum atomic E-state index is 12.8. The molecule has 1 aliphatic heterocycles. The molecule has 0 saturated carbocycles. The molecule has 3 rings (SSSR count). The van der Waals surface area contributed by atoms with Crippen molar-refractivity contribution in [1.29, 1.82) is 5.26 Å². The third-order valence-electron chi connectivity index (χ3n) is 4.29. The number of hydrogen-bond donors (Lipinski definition) is 1. The lowest BCUT2D eigenvalue weighted by Gasteiger charge is -2.33. The molecule has 2 heterocycles. The third-order valence-corrected chi connectivity index (χ3v) is 4.29. The summed E-state index contributed by atoms with van der Waals surface area (Å²) >= 11 is 0. The first kappa shape index (κ1) is 19.1. The second-order valence-electron chi connectivity index (χ2n) is 6.05. The number of para-hydroxylation sites is 1. The van der Waals surface area contributed by atoms with Gasteiger partial charge in [0.05, 0.1) is 17.9 Å². The van der Waals surface area contributed by atoms with Crippen molar-refractivity contribution in [3.05, 3.63) is 47.9 Å². The minimum atomic E-state index is -0.362. The molecule has 1 aromatic carbocycles. The second kappa shape index (κ2) is 8.81. The Bertz CT molecular complexity index is 903. The first-order valence-electron chi connectivity index (χ1n) is 8.91. The fraction of sp³-hybridized carbons (Fsp3) is 0.316. The van der Waals surface area contributed by atoms with Gasteiger partial charge in [0.1, 0.15) is 23.9 Å². The largest absolute Gasteiger partial charge is 0.450 e. The van der Waals surface area contributed by atoms with Crippen LogP contribution in [-0.4, -0.2) is 64.6 Å². The summed E-state index contributed by atoms with van der Waals surface area (Å²) in [5.41, 5.74) is 1.32. The highest BCUT2D eigenvalue weighted by Crippen LogP contribution is 2.19. The van der Waals surface area contributed by atoms with Crippen molar-refractivity contribution in [3.63, 3.8) is 0 Å². The van der Waals surface area contributed by atoms with Gasteiger partial charge in [-0.25, -0.2) is 14.8 Å². The smallest absolute Gasteiger partial charge is 0.409 e. The Morgan fingerprint density at radius 3 is 2.61 bits per heavy atom. The quantitative estimate of drug-likeness (QED) is 0.863. The molecule has 2 amide bonds. The van der Waals surface area contributed by atoms with Crippen LogP contribution in [0.15, 0.2) is 36.7 Å². The average molecular weight is 380 g/mol. The summed E-state index contributed by atoms with van der Waals surface area (Å²) in [5.74, 6) is 0.189. The van der Waals surface area contributed by atoms with E-state index in [0.717, 1.165) is 0 Å². The van der Waals surface area contributed by atoms with Crippen molar-refractivity contribution < 1.29 is 14.3 Å². The number of aromatic nitrogens is 2. The first-order chi connectivity index (χ1) is 13.6. The van der Waals surface area contributed by atoms with E-state index in [1.807, 2.05) is 0 Å². The van der Waals surface area contributed by atoms with Crippen LogP contribution in [-0.2, 0) is 4.74 Å². The fourth-order valence-corrected chi connectivity index (χ4v) is 2.84. The van der Waals surface area contributed by atoms with Crippen LogP contribution in [0.2, 0.25) is 0 Å². The lowest BCUT2D eigenvalue weighted by Crippen LogP contribution is -2.50. The van der Waals surface area contributed by atoms with Crippen molar-refractivity contribution in [1.82, 2.24) is 19.8 Å². The molecule has 9 heteroatoms. The number of rotatable bonds is 4. The fourth-order valence-electron chi connectivity index (χ4n) is 2.84. The van der Waals surface area contributed by atoms with Gasteiger partial charge in [-0.1, -0.05) is 12.1 Å². The van der Waals surface area contributed by atoms with Crippen LogP contribution in [0.5, 0.6) is 0 Å². The van der Waals surface area contributed by atoms with E-state index in [9.17, 15) is 14.9 Å². The number of benzene rings is 1. The van der Waals surface area contributed by atoms with Gasteiger partial charge in [-0.3, -0.25) is 4.79 Å². The molecule has 0 bridgehead atoms. The number of nitriles is 1.